The predicted molar refractivity (Wildman–Crippen MR) is 109 cm³/mol. The minimum absolute atomic E-state index is 0.0620. The molecule has 3 aromatic rings. The highest BCUT2D eigenvalue weighted by molar-refractivity contribution is 7.12. The van der Waals surface area contributed by atoms with Gasteiger partial charge in [-0.25, -0.2) is 0 Å². The Kier molecular flexibility index (Phi) is 4.13. The fourth-order valence-corrected chi connectivity index (χ4v) is 4.65. The molecule has 5 rings (SSSR count). The van der Waals surface area contributed by atoms with Gasteiger partial charge in [0.25, 0.3) is 5.91 Å². The van der Waals surface area contributed by atoms with Crippen molar-refractivity contribution in [2.75, 3.05) is 10.2 Å². The summed E-state index contributed by atoms with van der Waals surface area (Å²) in [4.78, 5) is 28.9. The Morgan fingerprint density at radius 1 is 1.11 bits per heavy atom. The zero-order valence-corrected chi connectivity index (χ0v) is 15.9. The van der Waals surface area contributed by atoms with Crippen LogP contribution in [0.25, 0.3) is 0 Å². The van der Waals surface area contributed by atoms with E-state index in [4.69, 9.17) is 4.42 Å². The second-order valence-electron chi connectivity index (χ2n) is 6.88. The molecule has 1 aliphatic carbocycles. The smallest absolute Gasteiger partial charge is 0.269 e. The molecular formula is C22H18N2O3S. The van der Waals surface area contributed by atoms with E-state index in [9.17, 15) is 9.59 Å². The van der Waals surface area contributed by atoms with Crippen LogP contribution >= 0.6 is 11.3 Å². The van der Waals surface area contributed by atoms with E-state index in [0.717, 1.165) is 29.9 Å². The van der Waals surface area contributed by atoms with Gasteiger partial charge in [-0.15, -0.1) is 11.3 Å². The lowest BCUT2D eigenvalue weighted by Crippen LogP contribution is -2.37. The number of nitrogens with one attached hydrogen (secondary N) is 1. The quantitative estimate of drug-likeness (QED) is 0.656. The number of furan rings is 1. The maximum absolute atomic E-state index is 13.6. The topological polar surface area (TPSA) is 62.6 Å². The van der Waals surface area contributed by atoms with Crippen LogP contribution in [-0.2, 0) is 4.79 Å². The van der Waals surface area contributed by atoms with Crippen LogP contribution in [0.1, 0.15) is 40.7 Å². The standard InChI is InChI=1S/C22H18N2O3S/c25-17-9-3-7-15-20(17)21(18-10-4-12-27-18)24(22(26)19-11-5-13-28-19)16-8-2-1-6-14(16)23-15/h1-2,4-6,8,10-13,21,23H,3,7,9H2/t21-/m1/s1. The van der Waals surface area contributed by atoms with Gasteiger partial charge >= 0.3 is 0 Å². The van der Waals surface area contributed by atoms with Crippen molar-refractivity contribution in [2.45, 2.75) is 25.3 Å². The summed E-state index contributed by atoms with van der Waals surface area (Å²) >= 11 is 1.39. The van der Waals surface area contributed by atoms with Gasteiger partial charge in [0.15, 0.2) is 5.78 Å². The molecule has 0 spiro atoms. The Balaban J connectivity index is 1.78. The van der Waals surface area contributed by atoms with E-state index in [0.29, 0.717) is 22.6 Å². The third-order valence-corrected chi connectivity index (χ3v) is 6.06. The van der Waals surface area contributed by atoms with E-state index in [1.54, 1.807) is 17.2 Å². The van der Waals surface area contributed by atoms with Gasteiger partial charge in [-0.2, -0.15) is 0 Å². The van der Waals surface area contributed by atoms with Gasteiger partial charge in [-0.3, -0.25) is 14.5 Å². The first-order valence-electron chi connectivity index (χ1n) is 9.27. The molecular weight excluding hydrogens is 372 g/mol. The fourth-order valence-electron chi connectivity index (χ4n) is 3.99. The first kappa shape index (κ1) is 17.0. The molecule has 0 saturated carbocycles. The molecule has 140 valence electrons. The molecule has 0 unspecified atom stereocenters. The van der Waals surface area contributed by atoms with E-state index < -0.39 is 6.04 Å². The van der Waals surface area contributed by atoms with E-state index in [2.05, 4.69) is 5.32 Å². The van der Waals surface area contributed by atoms with Gasteiger partial charge in [-0.1, -0.05) is 18.2 Å². The summed E-state index contributed by atoms with van der Waals surface area (Å²) in [5, 5.41) is 5.32. The second-order valence-corrected chi connectivity index (χ2v) is 7.83. The number of thiophene rings is 1. The van der Waals surface area contributed by atoms with Crippen LogP contribution in [0.4, 0.5) is 11.4 Å². The number of Topliss-reactive ketones (excluding diaryl/α,β-unsaturated/α-hetero) is 1. The zero-order valence-electron chi connectivity index (χ0n) is 15.1. The van der Waals surface area contributed by atoms with Gasteiger partial charge in [-0.05, 0) is 48.6 Å². The third-order valence-electron chi connectivity index (χ3n) is 5.20. The first-order valence-corrected chi connectivity index (χ1v) is 10.1. The number of carbonyl (C=O) groups excluding carboxylic acids is 2. The highest BCUT2D eigenvalue weighted by Crippen LogP contribution is 2.45. The van der Waals surface area contributed by atoms with Crippen molar-refractivity contribution in [1.29, 1.82) is 0 Å². The van der Waals surface area contributed by atoms with Crippen molar-refractivity contribution >= 4 is 34.4 Å². The molecule has 6 heteroatoms. The summed E-state index contributed by atoms with van der Waals surface area (Å²) in [5.74, 6) is 0.510. The minimum Gasteiger partial charge on any atom is -0.467 e. The summed E-state index contributed by atoms with van der Waals surface area (Å²) < 4.78 is 5.73. The maximum Gasteiger partial charge on any atom is 0.269 e. The number of hydrogen-bond donors (Lipinski definition) is 1. The van der Waals surface area contributed by atoms with Crippen molar-refractivity contribution < 1.29 is 14.0 Å². The van der Waals surface area contributed by atoms with Gasteiger partial charge in [0.2, 0.25) is 0 Å². The molecule has 5 nitrogen and oxygen atoms in total. The molecule has 1 amide bonds. The lowest BCUT2D eigenvalue weighted by Gasteiger charge is -2.31. The normalized spacial score (nSPS) is 18.9. The summed E-state index contributed by atoms with van der Waals surface area (Å²) in [6.07, 6.45) is 3.64. The van der Waals surface area contributed by atoms with Crippen LogP contribution in [-0.4, -0.2) is 11.7 Å². The highest BCUT2D eigenvalue weighted by atomic mass is 32.1. The van der Waals surface area contributed by atoms with E-state index in [1.165, 1.54) is 11.3 Å². The zero-order chi connectivity index (χ0) is 19.1. The number of allylic oxidation sites excluding steroid dienone is 1. The molecule has 3 heterocycles. The molecule has 1 N–H and O–H groups in total. The number of carbonyl (C=O) groups is 2. The molecule has 0 fully saturated rings. The molecule has 2 aromatic heterocycles. The number of hydrogen-bond acceptors (Lipinski definition) is 5. The second kappa shape index (κ2) is 6.80. The van der Waals surface area contributed by atoms with E-state index in [-0.39, 0.29) is 11.7 Å². The molecule has 0 bridgehead atoms. The number of para-hydroxylation sites is 2. The predicted octanol–water partition coefficient (Wildman–Crippen LogP) is 5.16. The number of rotatable bonds is 2. The lowest BCUT2D eigenvalue weighted by atomic mass is 9.88. The first-order chi connectivity index (χ1) is 13.7. The van der Waals surface area contributed by atoms with Gasteiger partial charge in [0, 0.05) is 17.7 Å². The van der Waals surface area contributed by atoms with Crippen molar-refractivity contribution in [3.8, 4) is 0 Å². The highest BCUT2D eigenvalue weighted by Gasteiger charge is 2.41. The average molecular weight is 390 g/mol. The Morgan fingerprint density at radius 3 is 2.79 bits per heavy atom. The fraction of sp³-hybridized carbons (Fsp3) is 0.182. The molecule has 1 aromatic carbocycles. The van der Waals surface area contributed by atoms with Gasteiger partial charge < -0.3 is 9.73 Å². The Labute approximate surface area is 166 Å². The lowest BCUT2D eigenvalue weighted by molar-refractivity contribution is -0.116. The van der Waals surface area contributed by atoms with Crippen LogP contribution in [0.15, 0.2) is 75.9 Å². The van der Waals surface area contributed by atoms with Crippen LogP contribution in [0.3, 0.4) is 0 Å². The average Bonchev–Trinajstić information content (AvgIpc) is 3.39. The van der Waals surface area contributed by atoms with E-state index in [1.807, 2.05) is 47.8 Å². The summed E-state index contributed by atoms with van der Waals surface area (Å²) in [5.41, 5.74) is 3.07. The summed E-state index contributed by atoms with van der Waals surface area (Å²) in [7, 11) is 0. The molecule has 1 aliphatic heterocycles. The van der Waals surface area contributed by atoms with Crippen LogP contribution in [0, 0.1) is 0 Å². The number of anilines is 2. The van der Waals surface area contributed by atoms with Crippen LogP contribution < -0.4 is 10.2 Å². The Bertz CT molecular complexity index is 1070. The molecule has 2 aliphatic rings. The van der Waals surface area contributed by atoms with Crippen LogP contribution in [0.5, 0.6) is 0 Å². The van der Waals surface area contributed by atoms with Crippen molar-refractivity contribution in [1.82, 2.24) is 0 Å². The van der Waals surface area contributed by atoms with Gasteiger partial charge in [0.05, 0.1) is 22.5 Å². The maximum atomic E-state index is 13.6. The number of amides is 1. The van der Waals surface area contributed by atoms with Crippen LogP contribution in [0.2, 0.25) is 0 Å². The minimum atomic E-state index is -0.594. The van der Waals surface area contributed by atoms with Crippen molar-refractivity contribution in [2.24, 2.45) is 0 Å². The molecule has 1 atom stereocenters. The third kappa shape index (κ3) is 2.68. The molecule has 0 saturated heterocycles. The number of benzene rings is 1. The SMILES string of the molecule is O=C1CCCC2=C1[C@@H](c1ccco1)N(C(=O)c1cccs1)c1ccccc1N2. The number of nitrogens with zero attached hydrogens (tertiary/aromatic N) is 1. The van der Waals surface area contributed by atoms with E-state index >= 15 is 0 Å². The summed E-state index contributed by atoms with van der Waals surface area (Å²) in [6.45, 7) is 0. The monoisotopic (exact) mass is 390 g/mol. The molecule has 28 heavy (non-hydrogen) atoms. The van der Waals surface area contributed by atoms with Crippen molar-refractivity contribution in [3.63, 3.8) is 0 Å². The number of fused-ring (bicyclic) bond motifs is 1. The molecule has 0 radical (unpaired) electrons. The number of ketones is 1. The summed E-state index contributed by atoms with van der Waals surface area (Å²) in [6, 6.07) is 14.4. The Hall–Kier alpha value is -3.12. The largest absolute Gasteiger partial charge is 0.467 e. The van der Waals surface area contributed by atoms with Gasteiger partial charge in [0.1, 0.15) is 11.8 Å². The Morgan fingerprint density at radius 2 is 2.00 bits per heavy atom. The van der Waals surface area contributed by atoms with Crippen molar-refractivity contribution in [3.05, 3.63) is 82.1 Å².